The zero-order chi connectivity index (χ0) is 13.4. The third kappa shape index (κ3) is 4.62. The van der Waals surface area contributed by atoms with Crippen LogP contribution in [0.5, 0.6) is 0 Å². The highest BCUT2D eigenvalue weighted by molar-refractivity contribution is 6.31. The maximum absolute atomic E-state index is 9.62. The van der Waals surface area contributed by atoms with Gasteiger partial charge in [-0.1, -0.05) is 69.3 Å². The van der Waals surface area contributed by atoms with E-state index in [9.17, 15) is 5.11 Å². The van der Waals surface area contributed by atoms with Gasteiger partial charge in [0.1, 0.15) is 0 Å². The van der Waals surface area contributed by atoms with E-state index in [2.05, 4.69) is 13.8 Å². The van der Waals surface area contributed by atoms with Gasteiger partial charge in [0, 0.05) is 17.5 Å². The van der Waals surface area contributed by atoms with E-state index in [1.54, 1.807) is 0 Å². The van der Waals surface area contributed by atoms with E-state index >= 15 is 0 Å². The van der Waals surface area contributed by atoms with Crippen molar-refractivity contribution in [2.24, 2.45) is 5.92 Å². The number of unbranched alkanes of at least 4 members (excludes halogenated alkanes) is 1. The zero-order valence-electron chi connectivity index (χ0n) is 11.5. The van der Waals surface area contributed by atoms with E-state index in [1.165, 1.54) is 25.7 Å². The van der Waals surface area contributed by atoms with E-state index in [4.69, 9.17) is 11.6 Å². The molecule has 0 fully saturated rings. The Morgan fingerprint density at radius 2 is 1.94 bits per heavy atom. The van der Waals surface area contributed by atoms with Crippen LogP contribution in [0.15, 0.2) is 24.3 Å². The summed E-state index contributed by atoms with van der Waals surface area (Å²) in [4.78, 5) is 0. The van der Waals surface area contributed by atoms with Gasteiger partial charge in [0.05, 0.1) is 0 Å². The highest BCUT2D eigenvalue weighted by Gasteiger charge is 2.18. The lowest BCUT2D eigenvalue weighted by Gasteiger charge is -2.22. The van der Waals surface area contributed by atoms with E-state index in [1.807, 2.05) is 24.3 Å². The lowest BCUT2D eigenvalue weighted by molar-refractivity contribution is 0.237. The fraction of sp³-hybridized carbons (Fsp3) is 0.625. The zero-order valence-corrected chi connectivity index (χ0v) is 12.3. The van der Waals surface area contributed by atoms with Crippen molar-refractivity contribution in [2.75, 3.05) is 6.61 Å². The average Bonchev–Trinajstić information content (AvgIpc) is 2.40. The summed E-state index contributed by atoms with van der Waals surface area (Å²) >= 11 is 6.22. The first-order valence-corrected chi connectivity index (χ1v) is 7.45. The standard InChI is InChI=1S/C16H25ClO/c1-3-5-8-13(4-2)11-14(12-18)15-9-6-7-10-16(15)17/h6-7,9-10,13-14,18H,3-5,8,11-12H2,1-2H3. The lowest BCUT2D eigenvalue weighted by atomic mass is 9.85. The van der Waals surface area contributed by atoms with Crippen LogP contribution in [0.3, 0.4) is 0 Å². The minimum absolute atomic E-state index is 0.181. The van der Waals surface area contributed by atoms with E-state index < -0.39 is 0 Å². The SMILES string of the molecule is CCCCC(CC)CC(CO)c1ccccc1Cl. The molecule has 0 aliphatic rings. The topological polar surface area (TPSA) is 20.2 Å². The predicted molar refractivity (Wildman–Crippen MR) is 79.2 cm³/mol. The molecular weight excluding hydrogens is 244 g/mol. The molecule has 0 bridgehead atoms. The van der Waals surface area contributed by atoms with Gasteiger partial charge in [0.25, 0.3) is 0 Å². The van der Waals surface area contributed by atoms with Crippen molar-refractivity contribution in [1.29, 1.82) is 0 Å². The molecule has 0 saturated heterocycles. The van der Waals surface area contributed by atoms with Crippen LogP contribution in [-0.4, -0.2) is 11.7 Å². The fourth-order valence-corrected chi connectivity index (χ4v) is 2.78. The molecule has 2 unspecified atom stereocenters. The van der Waals surface area contributed by atoms with Crippen LogP contribution >= 0.6 is 11.6 Å². The Morgan fingerprint density at radius 3 is 2.50 bits per heavy atom. The van der Waals surface area contributed by atoms with Gasteiger partial charge in [-0.25, -0.2) is 0 Å². The molecule has 0 aromatic heterocycles. The normalized spacial score (nSPS) is 14.4. The monoisotopic (exact) mass is 268 g/mol. The molecule has 2 heteroatoms. The largest absolute Gasteiger partial charge is 0.396 e. The van der Waals surface area contributed by atoms with Gasteiger partial charge in [0.2, 0.25) is 0 Å². The number of halogens is 1. The molecule has 0 spiro atoms. The second-order valence-corrected chi connectivity index (χ2v) is 5.46. The Balaban J connectivity index is 2.68. The number of hydrogen-bond acceptors (Lipinski definition) is 1. The Labute approximate surface area is 116 Å². The summed E-state index contributed by atoms with van der Waals surface area (Å²) in [6, 6.07) is 7.88. The van der Waals surface area contributed by atoms with Gasteiger partial charge in [-0.2, -0.15) is 0 Å². The van der Waals surface area contributed by atoms with Crippen molar-refractivity contribution in [1.82, 2.24) is 0 Å². The molecule has 0 aliphatic carbocycles. The lowest BCUT2D eigenvalue weighted by Crippen LogP contribution is -2.11. The second kappa shape index (κ2) is 8.55. The van der Waals surface area contributed by atoms with Crippen molar-refractivity contribution >= 4 is 11.6 Å². The molecule has 1 aromatic carbocycles. The summed E-state index contributed by atoms with van der Waals surface area (Å²) in [5.74, 6) is 0.874. The molecule has 1 N–H and O–H groups in total. The summed E-state index contributed by atoms with van der Waals surface area (Å²) < 4.78 is 0. The predicted octanol–water partition coefficient (Wildman–Crippen LogP) is 5.02. The molecule has 1 rings (SSSR count). The smallest absolute Gasteiger partial charge is 0.0500 e. The molecule has 0 radical (unpaired) electrons. The molecule has 0 amide bonds. The Bertz CT molecular complexity index is 338. The van der Waals surface area contributed by atoms with E-state index in [0.29, 0.717) is 5.92 Å². The third-order valence-corrected chi connectivity index (χ3v) is 4.07. The summed E-state index contributed by atoms with van der Waals surface area (Å²) in [6.07, 6.45) is 6.00. The van der Waals surface area contributed by atoms with Crippen molar-refractivity contribution in [3.05, 3.63) is 34.9 Å². The van der Waals surface area contributed by atoms with Gasteiger partial charge in [-0.15, -0.1) is 0 Å². The van der Waals surface area contributed by atoms with Gasteiger partial charge in [-0.05, 0) is 24.0 Å². The molecule has 1 nitrogen and oxygen atoms in total. The van der Waals surface area contributed by atoms with Crippen molar-refractivity contribution in [3.8, 4) is 0 Å². The molecule has 102 valence electrons. The van der Waals surface area contributed by atoms with Crippen LogP contribution in [0, 0.1) is 5.92 Å². The summed E-state index contributed by atoms with van der Waals surface area (Å²) in [7, 11) is 0. The van der Waals surface area contributed by atoms with Gasteiger partial charge < -0.3 is 5.11 Å². The number of aliphatic hydroxyl groups excluding tert-OH is 1. The van der Waals surface area contributed by atoms with E-state index in [0.717, 1.165) is 17.0 Å². The fourth-order valence-electron chi connectivity index (χ4n) is 2.49. The first-order chi connectivity index (χ1) is 8.72. The number of aliphatic hydroxyl groups is 1. The summed E-state index contributed by atoms with van der Waals surface area (Å²) in [5.41, 5.74) is 1.09. The van der Waals surface area contributed by atoms with Crippen LogP contribution in [0.4, 0.5) is 0 Å². The van der Waals surface area contributed by atoms with Crippen LogP contribution in [-0.2, 0) is 0 Å². The quantitative estimate of drug-likeness (QED) is 0.702. The van der Waals surface area contributed by atoms with E-state index in [-0.39, 0.29) is 12.5 Å². The van der Waals surface area contributed by atoms with Crippen molar-refractivity contribution < 1.29 is 5.11 Å². The molecule has 0 aliphatic heterocycles. The first kappa shape index (κ1) is 15.5. The van der Waals surface area contributed by atoms with Crippen molar-refractivity contribution in [3.63, 3.8) is 0 Å². The molecule has 2 atom stereocenters. The Kier molecular flexibility index (Phi) is 7.38. The number of benzene rings is 1. The summed E-state index contributed by atoms with van der Waals surface area (Å²) in [5, 5.41) is 10.4. The summed E-state index contributed by atoms with van der Waals surface area (Å²) in [6.45, 7) is 4.65. The molecule has 1 aromatic rings. The minimum Gasteiger partial charge on any atom is -0.396 e. The average molecular weight is 269 g/mol. The molecular formula is C16H25ClO. The van der Waals surface area contributed by atoms with Crippen molar-refractivity contribution in [2.45, 2.75) is 51.9 Å². The highest BCUT2D eigenvalue weighted by Crippen LogP contribution is 2.32. The van der Waals surface area contributed by atoms with Crippen LogP contribution in [0.25, 0.3) is 0 Å². The molecule has 18 heavy (non-hydrogen) atoms. The van der Waals surface area contributed by atoms with Gasteiger partial charge in [-0.3, -0.25) is 0 Å². The van der Waals surface area contributed by atoms with Crippen LogP contribution in [0.1, 0.15) is 57.4 Å². The third-order valence-electron chi connectivity index (χ3n) is 3.73. The van der Waals surface area contributed by atoms with Crippen LogP contribution < -0.4 is 0 Å². The van der Waals surface area contributed by atoms with Gasteiger partial charge in [0.15, 0.2) is 0 Å². The number of hydrogen-bond donors (Lipinski definition) is 1. The second-order valence-electron chi connectivity index (χ2n) is 5.05. The maximum Gasteiger partial charge on any atom is 0.0500 e. The van der Waals surface area contributed by atoms with Crippen LogP contribution in [0.2, 0.25) is 5.02 Å². The minimum atomic E-state index is 0.181. The highest BCUT2D eigenvalue weighted by atomic mass is 35.5. The Morgan fingerprint density at radius 1 is 1.22 bits per heavy atom. The van der Waals surface area contributed by atoms with Gasteiger partial charge >= 0.3 is 0 Å². The maximum atomic E-state index is 9.62. The molecule has 0 saturated carbocycles. The Hall–Kier alpha value is -0.530. The molecule has 0 heterocycles. The first-order valence-electron chi connectivity index (χ1n) is 7.08. The number of rotatable bonds is 8.